The van der Waals surface area contributed by atoms with E-state index < -0.39 is 24.5 Å². The molecule has 2 aromatic rings. The molecule has 4 N–H and O–H groups in total. The molecule has 0 aliphatic carbocycles. The first kappa shape index (κ1) is 14.1. The van der Waals surface area contributed by atoms with E-state index in [1.165, 1.54) is 17.2 Å². The number of imidazole rings is 1. The van der Waals surface area contributed by atoms with Crippen molar-refractivity contribution in [3.8, 4) is 0 Å². The molecule has 1 saturated heterocycles. The van der Waals surface area contributed by atoms with Crippen LogP contribution in [0, 0.1) is 0 Å². The number of nitrogens with one attached hydrogen (secondary N) is 1. The molecule has 0 aromatic carbocycles. The summed E-state index contributed by atoms with van der Waals surface area (Å²) < 4.78 is 7.01. The van der Waals surface area contributed by atoms with E-state index in [-0.39, 0.29) is 6.61 Å². The van der Waals surface area contributed by atoms with Crippen LogP contribution in [0.2, 0.25) is 0 Å². The van der Waals surface area contributed by atoms with E-state index in [4.69, 9.17) is 9.99 Å². The lowest BCUT2D eigenvalue weighted by Crippen LogP contribution is -2.33. The summed E-state index contributed by atoms with van der Waals surface area (Å²) in [5.41, 5.74) is 0.975. The number of hydrogen-bond donors (Lipinski definition) is 4. The smallest absolute Gasteiger partial charge is 0.167 e. The largest absolute Gasteiger partial charge is 0.387 e. The van der Waals surface area contributed by atoms with Gasteiger partial charge in [0.2, 0.25) is 0 Å². The highest BCUT2D eigenvalue weighted by molar-refractivity contribution is 5.82. The first-order chi connectivity index (χ1) is 10.2. The Balaban J connectivity index is 1.98. The molecule has 1 fully saturated rings. The van der Waals surface area contributed by atoms with Crippen LogP contribution in [0.4, 0.5) is 5.82 Å². The number of hydrogen-bond acceptors (Lipinski definition) is 9. The molecule has 0 unspecified atom stereocenters. The van der Waals surface area contributed by atoms with E-state index in [1.807, 2.05) is 0 Å². The fourth-order valence-electron chi connectivity index (χ4n) is 2.39. The van der Waals surface area contributed by atoms with Gasteiger partial charge in [-0.25, -0.2) is 19.8 Å². The Labute approximate surface area is 118 Å². The van der Waals surface area contributed by atoms with Crippen molar-refractivity contribution in [2.45, 2.75) is 24.5 Å². The maximum atomic E-state index is 10.1. The van der Waals surface area contributed by atoms with Crippen molar-refractivity contribution in [1.82, 2.24) is 19.5 Å². The highest BCUT2D eigenvalue weighted by Gasteiger charge is 2.44. The maximum Gasteiger partial charge on any atom is 0.167 e. The van der Waals surface area contributed by atoms with Gasteiger partial charge < -0.3 is 20.3 Å². The molecule has 10 nitrogen and oxygen atoms in total. The first-order valence-corrected chi connectivity index (χ1v) is 6.30. The molecule has 2 aromatic heterocycles. The van der Waals surface area contributed by atoms with Crippen LogP contribution >= 0.6 is 0 Å². The van der Waals surface area contributed by atoms with E-state index in [1.54, 1.807) is 7.05 Å². The number of rotatable bonds is 4. The van der Waals surface area contributed by atoms with Crippen LogP contribution in [0.3, 0.4) is 0 Å². The van der Waals surface area contributed by atoms with Crippen molar-refractivity contribution in [3.63, 3.8) is 0 Å². The average molecular weight is 297 g/mol. The van der Waals surface area contributed by atoms with Gasteiger partial charge in [-0.1, -0.05) is 0 Å². The predicted molar refractivity (Wildman–Crippen MR) is 69.4 cm³/mol. The minimum atomic E-state index is -1.20. The first-order valence-electron chi connectivity index (χ1n) is 6.30. The molecule has 0 radical (unpaired) electrons. The molecular weight excluding hydrogens is 282 g/mol. The van der Waals surface area contributed by atoms with Crippen molar-refractivity contribution in [2.24, 2.45) is 0 Å². The Bertz CT molecular complexity index is 634. The molecule has 0 bridgehead atoms. The lowest BCUT2D eigenvalue weighted by atomic mass is 10.1. The molecule has 4 atom stereocenters. The topological polar surface area (TPSA) is 135 Å². The third-order valence-electron chi connectivity index (χ3n) is 3.45. The number of nitrogens with zero attached hydrogens (tertiary/aromatic N) is 4. The summed E-state index contributed by atoms with van der Waals surface area (Å²) in [5.74, 6) is 0.544. The summed E-state index contributed by atoms with van der Waals surface area (Å²) in [7, 11) is 1.71. The highest BCUT2D eigenvalue weighted by Crippen LogP contribution is 2.32. The Hall–Kier alpha value is -1.85. The normalized spacial score (nSPS) is 29.1. The zero-order valence-corrected chi connectivity index (χ0v) is 11.1. The Morgan fingerprint density at radius 3 is 2.86 bits per heavy atom. The Morgan fingerprint density at radius 2 is 2.14 bits per heavy atom. The van der Waals surface area contributed by atoms with Crippen molar-refractivity contribution in [3.05, 3.63) is 12.7 Å². The minimum absolute atomic E-state index is 0.252. The van der Waals surface area contributed by atoms with Crippen LogP contribution in [-0.4, -0.2) is 67.0 Å². The number of fused-ring (bicyclic) bond motifs is 1. The number of ether oxygens (including phenoxy) is 1. The van der Waals surface area contributed by atoms with Gasteiger partial charge in [0, 0.05) is 7.05 Å². The van der Waals surface area contributed by atoms with Gasteiger partial charge in [-0.3, -0.25) is 9.82 Å². The summed E-state index contributed by atoms with van der Waals surface area (Å²) in [4.78, 5) is 16.3. The van der Waals surface area contributed by atoms with Crippen LogP contribution in [0.15, 0.2) is 12.7 Å². The standard InChI is InChI=1S/C11H15N5O5/c1-12-9-6-10(14-3-13-9)16(4-15-6)11-8(18)7(17)5(21-11)2-20-19/h3-5,7-8,11,17-19H,2H2,1H3,(H,12,13,14)/t5-,7-,8-,11-/m1/s1. The van der Waals surface area contributed by atoms with Gasteiger partial charge in [-0.05, 0) is 0 Å². The number of aromatic nitrogens is 4. The monoisotopic (exact) mass is 297 g/mol. The lowest BCUT2D eigenvalue weighted by Gasteiger charge is -2.16. The molecule has 114 valence electrons. The molecule has 0 amide bonds. The zero-order valence-electron chi connectivity index (χ0n) is 11.1. The van der Waals surface area contributed by atoms with Crippen LogP contribution in [0.1, 0.15) is 6.23 Å². The van der Waals surface area contributed by atoms with Gasteiger partial charge in [0.15, 0.2) is 17.7 Å². The molecule has 0 saturated carbocycles. The number of aliphatic hydroxyl groups is 2. The second-order valence-corrected chi connectivity index (χ2v) is 4.64. The van der Waals surface area contributed by atoms with Gasteiger partial charge >= 0.3 is 0 Å². The highest BCUT2D eigenvalue weighted by atomic mass is 17.1. The molecule has 3 heterocycles. The van der Waals surface area contributed by atoms with Crippen molar-refractivity contribution < 1.29 is 25.1 Å². The second-order valence-electron chi connectivity index (χ2n) is 4.64. The molecule has 1 aliphatic rings. The van der Waals surface area contributed by atoms with E-state index in [0.29, 0.717) is 17.0 Å². The summed E-state index contributed by atoms with van der Waals surface area (Å²) in [5, 5.41) is 31.3. The molecule has 21 heavy (non-hydrogen) atoms. The molecule has 10 heteroatoms. The van der Waals surface area contributed by atoms with Crippen LogP contribution in [0.25, 0.3) is 11.2 Å². The molecular formula is C11H15N5O5. The third kappa shape index (κ3) is 2.22. The van der Waals surface area contributed by atoms with E-state index in [9.17, 15) is 10.2 Å². The number of aliphatic hydroxyl groups excluding tert-OH is 2. The van der Waals surface area contributed by atoms with Crippen molar-refractivity contribution >= 4 is 17.0 Å². The van der Waals surface area contributed by atoms with E-state index in [0.717, 1.165) is 0 Å². The second kappa shape index (κ2) is 5.50. The van der Waals surface area contributed by atoms with Gasteiger partial charge in [0.05, 0.1) is 6.33 Å². The minimum Gasteiger partial charge on any atom is -0.387 e. The summed E-state index contributed by atoms with van der Waals surface area (Å²) in [6.45, 7) is -0.252. The molecule has 3 rings (SSSR count). The fraction of sp³-hybridized carbons (Fsp3) is 0.545. The summed E-state index contributed by atoms with van der Waals surface area (Å²) in [6, 6.07) is 0. The Kier molecular flexibility index (Phi) is 3.69. The predicted octanol–water partition coefficient (Wildman–Crippen LogP) is -1.02. The van der Waals surface area contributed by atoms with Crippen LogP contribution in [0.5, 0.6) is 0 Å². The molecule has 0 spiro atoms. The number of anilines is 1. The summed E-state index contributed by atoms with van der Waals surface area (Å²) in [6.07, 6.45) is -1.31. The SMILES string of the molecule is CNc1ncnc2c1ncn2[C@@H]1O[C@H](COO)[C@@H](O)[C@H]1O. The third-order valence-corrected chi connectivity index (χ3v) is 3.45. The lowest BCUT2D eigenvalue weighted by molar-refractivity contribution is -0.264. The Morgan fingerprint density at radius 1 is 1.33 bits per heavy atom. The van der Waals surface area contributed by atoms with E-state index in [2.05, 4.69) is 25.2 Å². The van der Waals surface area contributed by atoms with Crippen LogP contribution < -0.4 is 5.32 Å². The van der Waals surface area contributed by atoms with E-state index >= 15 is 0 Å². The summed E-state index contributed by atoms with van der Waals surface area (Å²) >= 11 is 0. The van der Waals surface area contributed by atoms with Gasteiger partial charge in [-0.15, -0.1) is 0 Å². The van der Waals surface area contributed by atoms with Crippen molar-refractivity contribution in [1.29, 1.82) is 0 Å². The van der Waals surface area contributed by atoms with Crippen molar-refractivity contribution in [2.75, 3.05) is 19.0 Å². The van der Waals surface area contributed by atoms with Crippen LogP contribution in [-0.2, 0) is 9.62 Å². The maximum absolute atomic E-state index is 10.1. The van der Waals surface area contributed by atoms with Gasteiger partial charge in [-0.2, -0.15) is 0 Å². The zero-order chi connectivity index (χ0) is 15.0. The quantitative estimate of drug-likeness (QED) is 0.413. The average Bonchev–Trinajstić information content (AvgIpc) is 3.04. The fourth-order valence-corrected chi connectivity index (χ4v) is 2.39. The van der Waals surface area contributed by atoms with Gasteiger partial charge in [0.1, 0.15) is 36.8 Å². The molecule has 1 aliphatic heterocycles. The van der Waals surface area contributed by atoms with Gasteiger partial charge in [0.25, 0.3) is 0 Å².